The van der Waals surface area contributed by atoms with E-state index < -0.39 is 96.9 Å². The molecular weight excluding hydrogens is 1360 g/mol. The summed E-state index contributed by atoms with van der Waals surface area (Å²) in [6, 6.07) is 28.9. The third-order valence-corrected chi connectivity index (χ3v) is 20.4. The van der Waals surface area contributed by atoms with Crippen LogP contribution < -0.4 is 25.6 Å². The van der Waals surface area contributed by atoms with Gasteiger partial charge in [-0.3, -0.25) is 37.9 Å². The van der Waals surface area contributed by atoms with Crippen LogP contribution >= 0.6 is 0 Å². The molecule has 24 nitrogen and oxygen atoms in total. The maximum Gasteiger partial charge on any atom is 0.326 e. The first-order valence-corrected chi connectivity index (χ1v) is 38.3. The van der Waals surface area contributed by atoms with Crippen LogP contribution in [0.4, 0.5) is 16.2 Å². The fraction of sp³-hybridized carbons (Fsp3) is 0.455. The van der Waals surface area contributed by atoms with E-state index in [1.54, 1.807) is 48.5 Å². The van der Waals surface area contributed by atoms with Crippen LogP contribution in [0, 0.1) is 11.3 Å². The molecule has 4 aromatic rings. The molecule has 103 heavy (non-hydrogen) atoms. The molecule has 0 saturated carbocycles. The number of amides is 3. The second-order valence-corrected chi connectivity index (χ2v) is 30.8. The lowest BCUT2D eigenvalue weighted by Crippen LogP contribution is -2.46. The number of hydrogen-bond acceptors (Lipinski definition) is 15. The quantitative estimate of drug-likeness (QED) is 0.00860. The van der Waals surface area contributed by atoms with Crippen LogP contribution in [-0.2, 0) is 77.5 Å². The summed E-state index contributed by atoms with van der Waals surface area (Å²) in [6.07, 6.45) is 11.5. The molecule has 26 heteroatoms. The summed E-state index contributed by atoms with van der Waals surface area (Å²) in [5.41, 5.74) is 8.25. The number of allylic oxidation sites excluding steroid dienone is 7. The number of unbranched alkanes of at least 4 members (excludes halogenated alkanes) is 4. The molecule has 0 aromatic heterocycles. The fourth-order valence-electron chi connectivity index (χ4n) is 13.4. The lowest BCUT2D eigenvalue weighted by atomic mass is 9.81. The van der Waals surface area contributed by atoms with Crippen molar-refractivity contribution in [1.29, 1.82) is 5.41 Å². The van der Waals surface area contributed by atoms with Crippen molar-refractivity contribution >= 4 is 90.2 Å². The van der Waals surface area contributed by atoms with Crippen molar-refractivity contribution in [1.82, 2.24) is 16.0 Å². The van der Waals surface area contributed by atoms with Gasteiger partial charge in [0.25, 0.3) is 20.2 Å². The Balaban J connectivity index is 1.03. The van der Waals surface area contributed by atoms with Gasteiger partial charge in [0.15, 0.2) is 11.5 Å². The largest absolute Gasteiger partial charge is 0.481 e. The fourth-order valence-corrected chi connectivity index (χ4v) is 14.5. The van der Waals surface area contributed by atoms with Crippen molar-refractivity contribution in [2.45, 2.75) is 185 Å². The van der Waals surface area contributed by atoms with Crippen LogP contribution in [-0.4, -0.2) is 148 Å². The van der Waals surface area contributed by atoms with Crippen molar-refractivity contribution in [3.8, 4) is 5.75 Å². The number of ether oxygens (including phenoxy) is 1. The van der Waals surface area contributed by atoms with Gasteiger partial charge in [-0.15, -0.1) is 0 Å². The van der Waals surface area contributed by atoms with Gasteiger partial charge in [-0.25, -0.2) is 9.59 Å². The van der Waals surface area contributed by atoms with Gasteiger partial charge >= 0.3 is 23.9 Å². The van der Waals surface area contributed by atoms with Crippen LogP contribution in [0.5, 0.6) is 5.75 Å². The highest BCUT2D eigenvalue weighted by atomic mass is 32.2. The molecule has 554 valence electrons. The third kappa shape index (κ3) is 25.0. The Morgan fingerprint density at radius 1 is 0.631 bits per heavy atom. The number of carboxylic acids is 3. The number of anilines is 1. The van der Waals surface area contributed by atoms with Crippen molar-refractivity contribution in [2.75, 3.05) is 36.0 Å². The van der Waals surface area contributed by atoms with Gasteiger partial charge in [0, 0.05) is 105 Å². The molecule has 0 bridgehead atoms. The molecule has 0 saturated heterocycles. The summed E-state index contributed by atoms with van der Waals surface area (Å²) >= 11 is 0. The van der Waals surface area contributed by atoms with Gasteiger partial charge in [0.1, 0.15) is 35.7 Å². The number of nitrogens with one attached hydrogen (secondary N) is 4. The molecule has 0 spiro atoms. The van der Waals surface area contributed by atoms with Crippen molar-refractivity contribution < 1.29 is 88.9 Å². The average Bonchev–Trinajstić information content (AvgIpc) is 1.61. The number of nitrogens with zero attached hydrogens (tertiary/aromatic N) is 2. The molecule has 3 aliphatic rings. The summed E-state index contributed by atoms with van der Waals surface area (Å²) in [6.45, 7) is 9.57. The first kappa shape index (κ1) is 81.1. The summed E-state index contributed by atoms with van der Waals surface area (Å²) in [5, 5.41) is 44.6. The molecule has 3 atom stereocenters. The maximum atomic E-state index is 14.3. The second kappa shape index (κ2) is 37.8. The smallest absolute Gasteiger partial charge is 0.326 e. The van der Waals surface area contributed by atoms with E-state index in [-0.39, 0.29) is 107 Å². The van der Waals surface area contributed by atoms with Crippen molar-refractivity contribution in [2.24, 2.45) is 5.92 Å². The number of ketones is 3. The third-order valence-electron chi connectivity index (χ3n) is 18.8. The summed E-state index contributed by atoms with van der Waals surface area (Å²) in [7, 11) is -8.29. The van der Waals surface area contributed by atoms with Gasteiger partial charge in [-0.2, -0.15) is 21.4 Å². The van der Waals surface area contributed by atoms with Gasteiger partial charge in [0.05, 0.1) is 28.9 Å². The summed E-state index contributed by atoms with van der Waals surface area (Å²) < 4.78 is 75.0. The number of fused-ring (bicyclic) bond motifs is 2. The highest BCUT2D eigenvalue weighted by molar-refractivity contribution is 7.86. The van der Waals surface area contributed by atoms with E-state index in [0.717, 1.165) is 57.0 Å². The van der Waals surface area contributed by atoms with Crippen molar-refractivity contribution in [3.63, 3.8) is 0 Å². The van der Waals surface area contributed by atoms with Gasteiger partial charge < -0.3 is 46.3 Å². The Kier molecular flexibility index (Phi) is 29.7. The zero-order valence-corrected chi connectivity index (χ0v) is 60.6. The normalized spacial score (nSPS) is 16.4. The van der Waals surface area contributed by atoms with E-state index in [1.807, 2.05) is 42.5 Å². The number of carbonyl (C=O) groups is 8. The zero-order valence-electron chi connectivity index (χ0n) is 59.0. The zero-order chi connectivity index (χ0) is 75.1. The Bertz CT molecular complexity index is 4160. The lowest BCUT2D eigenvalue weighted by molar-refractivity contribution is -0.438. The SMILES string of the molecule is CC1(C)C(=CC=C2CCCC(C=CC3=[N+](CCCCS(=O)(=O)O)c4ccccc4C3(C)C)=C2Oc2ccc(C[C@H](CC(=O)[C@H](Cc3ccccc3)NC(=O)CCCCCC(=O)CC(=N)CC(=O)CC[C@H](NC(=O)NCCCC(=O)O)C(=O)O)C(=O)O)cc2)N(CCCCS(=O)(=O)O)c2ccccc21. The number of benzene rings is 4. The summed E-state index contributed by atoms with van der Waals surface area (Å²) in [5.74, 6) is -6.17. The molecule has 7 rings (SSSR count). The number of carboxylic acid groups (broad SMARTS) is 3. The van der Waals surface area contributed by atoms with Crippen molar-refractivity contribution in [3.05, 3.63) is 172 Å². The molecule has 0 fully saturated rings. The summed E-state index contributed by atoms with van der Waals surface area (Å²) in [4.78, 5) is 103. The van der Waals surface area contributed by atoms with Gasteiger partial charge in [-0.05, 0) is 149 Å². The predicted molar refractivity (Wildman–Crippen MR) is 391 cm³/mol. The second-order valence-electron chi connectivity index (χ2n) is 27.6. The molecular formula is C77H97N6O18S2+. The van der Waals surface area contributed by atoms with E-state index in [0.29, 0.717) is 75.1 Å². The number of urea groups is 1. The predicted octanol–water partition coefficient (Wildman–Crippen LogP) is 11.3. The first-order chi connectivity index (χ1) is 48.8. The van der Waals surface area contributed by atoms with E-state index in [1.165, 1.54) is 0 Å². The molecule has 0 radical (unpaired) electrons. The van der Waals surface area contributed by atoms with Crippen LogP contribution in [0.1, 0.15) is 172 Å². The molecule has 2 aliphatic heterocycles. The van der Waals surface area contributed by atoms with Crippen LogP contribution in [0.15, 0.2) is 150 Å². The molecule has 0 unspecified atom stereocenters. The number of para-hydroxylation sites is 2. The van der Waals surface area contributed by atoms with E-state index >= 15 is 0 Å². The number of carbonyl (C=O) groups excluding carboxylic acids is 5. The number of Topliss-reactive ketones (excluding diaryl/α,β-unsaturated/α-hetero) is 3. The maximum absolute atomic E-state index is 14.3. The minimum atomic E-state index is -4.15. The van der Waals surface area contributed by atoms with Crippen LogP contribution in [0.25, 0.3) is 0 Å². The number of hydrogen-bond donors (Lipinski definition) is 9. The minimum absolute atomic E-state index is 0.000809. The first-order valence-electron chi connectivity index (χ1n) is 35.1. The number of aliphatic carboxylic acids is 3. The highest BCUT2D eigenvalue weighted by Crippen LogP contribution is 2.48. The Hall–Kier alpha value is -9.24. The van der Waals surface area contributed by atoms with E-state index in [2.05, 4.69) is 89.6 Å². The van der Waals surface area contributed by atoms with Crippen LogP contribution in [0.3, 0.4) is 0 Å². The molecule has 4 aromatic carbocycles. The van der Waals surface area contributed by atoms with Crippen LogP contribution in [0.2, 0.25) is 0 Å². The Morgan fingerprint density at radius 2 is 1.26 bits per heavy atom. The Labute approximate surface area is 602 Å². The Morgan fingerprint density at radius 3 is 1.93 bits per heavy atom. The molecule has 3 amide bonds. The van der Waals surface area contributed by atoms with E-state index in [9.17, 15) is 74.5 Å². The highest BCUT2D eigenvalue weighted by Gasteiger charge is 2.44. The van der Waals surface area contributed by atoms with Gasteiger partial charge in [0.2, 0.25) is 11.6 Å². The van der Waals surface area contributed by atoms with Gasteiger partial charge in [-0.1, -0.05) is 105 Å². The molecule has 2 heterocycles. The number of rotatable bonds is 43. The monoisotopic (exact) mass is 1460 g/mol. The topological polar surface area (TPSA) is 381 Å². The minimum Gasteiger partial charge on any atom is -0.481 e. The standard InChI is InChI=1S/C77H96N6O18S2/c1-76(2)61-26-11-13-28-65(61)82(43-15-17-45-102(95,96)97)68(76)40-34-54-23-19-24-55(35-41-69-77(3,4)62-27-12-14-29-66(62)83(69)44-16-18-46-103(98,99)100)72(54)101-60-37-32-53(33-38-60)47-56(73(90)91)49-67(86)64(48-52-21-7-5-8-22-52)80-70(87)30-10-6-9-25-58(84)50-57(78)51-59(85)36-39-63(74(92)93)81-75(94)79-42-20-31-71(88)89/h5,7-8,11-14,21-22,26-29,32-35,37-38,40-41,56,63-64,78H,6,9-10,15-20,23-25,30-31,36,39,42-51H2,1-4H3,(H7-,79,80,81,87,88,89,90,91,92,93,94,95,96,97,98,99,100)/p+1/t56-,63+,64+/m1/s1. The average molecular weight is 1460 g/mol. The molecule has 9 N–H and O–H groups in total. The molecule has 1 aliphatic carbocycles. The van der Waals surface area contributed by atoms with E-state index in [4.69, 9.17) is 15.3 Å². The lowest BCUT2D eigenvalue weighted by Gasteiger charge is -2.27.